The molecule has 0 saturated carbocycles. The number of rotatable bonds is 1. The van der Waals surface area contributed by atoms with Gasteiger partial charge in [0, 0.05) is 18.1 Å². The van der Waals surface area contributed by atoms with E-state index in [-0.39, 0.29) is 0 Å². The Kier molecular flexibility index (Phi) is 10.2. The fourth-order valence-corrected chi connectivity index (χ4v) is 1.92. The first-order valence-electron chi connectivity index (χ1n) is 8.33. The summed E-state index contributed by atoms with van der Waals surface area (Å²) < 4.78 is 1.99. The number of imidazole rings is 1. The van der Waals surface area contributed by atoms with E-state index in [2.05, 4.69) is 19.9 Å². The van der Waals surface area contributed by atoms with Gasteiger partial charge in [0.1, 0.15) is 6.33 Å². The predicted molar refractivity (Wildman–Crippen MR) is 97.5 cm³/mol. The van der Waals surface area contributed by atoms with Crippen molar-refractivity contribution in [2.24, 2.45) is 0 Å². The molecule has 3 aromatic heterocycles. The minimum absolute atomic E-state index is 0.830. The topological polar surface area (TPSA) is 56.0 Å². The van der Waals surface area contributed by atoms with Crippen molar-refractivity contribution < 1.29 is 0 Å². The molecule has 0 atom stereocenters. The zero-order valence-corrected chi connectivity index (χ0v) is 15.6. The molecule has 0 aliphatic carbocycles. The lowest BCUT2D eigenvalue weighted by Crippen LogP contribution is -1.94. The first kappa shape index (κ1) is 20.7. The van der Waals surface area contributed by atoms with Crippen molar-refractivity contribution in [2.75, 3.05) is 0 Å². The maximum absolute atomic E-state index is 4.46. The van der Waals surface area contributed by atoms with Crippen LogP contribution in [-0.2, 0) is 0 Å². The van der Waals surface area contributed by atoms with E-state index in [1.165, 1.54) is 0 Å². The number of fused-ring (bicyclic) bond motifs is 1. The fraction of sp³-hybridized carbons (Fsp3) is 0.444. The lowest BCUT2D eigenvalue weighted by molar-refractivity contribution is 1.07. The van der Waals surface area contributed by atoms with Crippen LogP contribution in [0.4, 0.5) is 0 Å². The molecule has 0 amide bonds. The van der Waals surface area contributed by atoms with E-state index in [0.717, 1.165) is 28.4 Å². The normalized spacial score (nSPS) is 8.87. The summed E-state index contributed by atoms with van der Waals surface area (Å²) in [6.07, 6.45) is 6.95. The van der Waals surface area contributed by atoms with Crippen molar-refractivity contribution in [1.82, 2.24) is 24.3 Å². The second kappa shape index (κ2) is 11.3. The number of aryl methyl sites for hydroxylation is 2. The molecule has 0 saturated heterocycles. The molecule has 0 fully saturated rings. The van der Waals surface area contributed by atoms with Crippen molar-refractivity contribution in [3.63, 3.8) is 0 Å². The van der Waals surface area contributed by atoms with Gasteiger partial charge in [-0.15, -0.1) is 0 Å². The van der Waals surface area contributed by atoms with E-state index in [4.69, 9.17) is 0 Å². The molecule has 126 valence electrons. The quantitative estimate of drug-likeness (QED) is 0.642. The molecule has 0 aliphatic rings. The lowest BCUT2D eigenvalue weighted by Gasteiger charge is -2.02. The molecule has 5 nitrogen and oxygen atoms in total. The molecule has 3 aromatic rings. The van der Waals surface area contributed by atoms with E-state index in [1.54, 1.807) is 18.7 Å². The van der Waals surface area contributed by atoms with Crippen LogP contribution in [0.3, 0.4) is 0 Å². The third-order valence-electron chi connectivity index (χ3n) is 2.65. The van der Waals surface area contributed by atoms with Gasteiger partial charge in [0.15, 0.2) is 5.65 Å². The Morgan fingerprint density at radius 1 is 0.913 bits per heavy atom. The van der Waals surface area contributed by atoms with Crippen LogP contribution < -0.4 is 0 Å². The summed E-state index contributed by atoms with van der Waals surface area (Å²) in [6.45, 7) is 15.9. The van der Waals surface area contributed by atoms with Gasteiger partial charge in [0.2, 0.25) is 0 Å². The van der Waals surface area contributed by atoms with E-state index in [9.17, 15) is 0 Å². The minimum Gasteiger partial charge on any atom is -0.295 e. The fourth-order valence-electron chi connectivity index (χ4n) is 1.92. The van der Waals surface area contributed by atoms with Gasteiger partial charge in [-0.2, -0.15) is 0 Å². The molecule has 0 aliphatic heterocycles. The first-order chi connectivity index (χ1) is 11.3. The van der Waals surface area contributed by atoms with Crippen LogP contribution in [0, 0.1) is 13.8 Å². The highest BCUT2D eigenvalue weighted by atomic mass is 15.0. The van der Waals surface area contributed by atoms with Crippen molar-refractivity contribution >= 4 is 5.65 Å². The smallest absolute Gasteiger partial charge is 0.156 e. The highest BCUT2D eigenvalue weighted by Gasteiger charge is 2.11. The average molecular weight is 315 g/mol. The summed E-state index contributed by atoms with van der Waals surface area (Å²) in [6, 6.07) is 1.96. The van der Waals surface area contributed by atoms with Crippen LogP contribution in [0.25, 0.3) is 17.0 Å². The summed E-state index contributed by atoms with van der Waals surface area (Å²) in [5.41, 5.74) is 4.59. The largest absolute Gasteiger partial charge is 0.295 e. The van der Waals surface area contributed by atoms with Gasteiger partial charge < -0.3 is 0 Å². The number of aromatic nitrogens is 5. The van der Waals surface area contributed by atoms with Crippen LogP contribution in [-0.4, -0.2) is 24.3 Å². The molecule has 23 heavy (non-hydrogen) atoms. The molecule has 3 heterocycles. The third-order valence-corrected chi connectivity index (χ3v) is 2.65. The van der Waals surface area contributed by atoms with Crippen LogP contribution in [0.5, 0.6) is 0 Å². The number of hydrogen-bond donors (Lipinski definition) is 0. The zero-order chi connectivity index (χ0) is 17.8. The van der Waals surface area contributed by atoms with Gasteiger partial charge in [0.25, 0.3) is 0 Å². The van der Waals surface area contributed by atoms with Crippen LogP contribution in [0.15, 0.2) is 31.0 Å². The maximum atomic E-state index is 4.46. The van der Waals surface area contributed by atoms with Gasteiger partial charge >= 0.3 is 0 Å². The molecule has 0 spiro atoms. The van der Waals surface area contributed by atoms with Gasteiger partial charge in [0.05, 0.1) is 23.3 Å². The van der Waals surface area contributed by atoms with Gasteiger partial charge in [-0.25, -0.2) is 15.0 Å². The highest BCUT2D eigenvalue weighted by molar-refractivity contribution is 5.63. The molecule has 0 bridgehead atoms. The Morgan fingerprint density at radius 2 is 1.57 bits per heavy atom. The third kappa shape index (κ3) is 5.13. The first-order valence-corrected chi connectivity index (χ1v) is 8.33. The molecular formula is C18H29N5. The van der Waals surface area contributed by atoms with Crippen molar-refractivity contribution in [2.45, 2.75) is 55.4 Å². The molecule has 0 aromatic carbocycles. The van der Waals surface area contributed by atoms with Gasteiger partial charge in [-0.3, -0.25) is 9.38 Å². The standard InChI is InChI=1S/C12H11N5.3C2H6/c1-8-5-10(15-7-14-8)12-9(2)16-11-6-13-3-4-17(11)12;3*1-2/h3-7H,1-2H3;3*1-2H3. The van der Waals surface area contributed by atoms with E-state index >= 15 is 0 Å². The van der Waals surface area contributed by atoms with Crippen molar-refractivity contribution in [3.8, 4) is 11.4 Å². The van der Waals surface area contributed by atoms with Gasteiger partial charge in [-0.1, -0.05) is 41.5 Å². The molecular weight excluding hydrogens is 286 g/mol. The Bertz CT molecular complexity index is 689. The Morgan fingerprint density at radius 3 is 2.17 bits per heavy atom. The second-order valence-electron chi connectivity index (χ2n) is 3.89. The summed E-state index contributed by atoms with van der Waals surface area (Å²) >= 11 is 0. The van der Waals surface area contributed by atoms with Gasteiger partial charge in [-0.05, 0) is 19.9 Å². The average Bonchev–Trinajstić information content (AvgIpc) is 2.96. The molecule has 0 unspecified atom stereocenters. The SMILES string of the molecule is CC.CC.CC.Cc1cc(-c2c(C)nc3cnccn23)ncn1. The van der Waals surface area contributed by atoms with Crippen LogP contribution in [0.1, 0.15) is 52.9 Å². The molecule has 3 rings (SSSR count). The zero-order valence-electron chi connectivity index (χ0n) is 15.6. The number of nitrogens with zero attached hydrogens (tertiary/aromatic N) is 5. The Labute approximate surface area is 139 Å². The summed E-state index contributed by atoms with van der Waals surface area (Å²) in [5.74, 6) is 0. The van der Waals surface area contributed by atoms with Crippen molar-refractivity contribution in [1.29, 1.82) is 0 Å². The lowest BCUT2D eigenvalue weighted by atomic mass is 10.2. The molecule has 5 heteroatoms. The summed E-state index contributed by atoms with van der Waals surface area (Å²) in [4.78, 5) is 16.9. The second-order valence-corrected chi connectivity index (χ2v) is 3.89. The molecule has 0 radical (unpaired) electrons. The van der Waals surface area contributed by atoms with E-state index in [0.29, 0.717) is 0 Å². The summed E-state index contributed by atoms with van der Waals surface area (Å²) in [5, 5.41) is 0. The minimum atomic E-state index is 0.830. The number of hydrogen-bond acceptors (Lipinski definition) is 4. The van der Waals surface area contributed by atoms with Crippen molar-refractivity contribution in [3.05, 3.63) is 42.4 Å². The Hall–Kier alpha value is -2.30. The molecule has 0 N–H and O–H groups in total. The van der Waals surface area contributed by atoms with Crippen LogP contribution in [0.2, 0.25) is 0 Å². The van der Waals surface area contributed by atoms with Crippen LogP contribution >= 0.6 is 0 Å². The maximum Gasteiger partial charge on any atom is 0.156 e. The monoisotopic (exact) mass is 315 g/mol. The highest BCUT2D eigenvalue weighted by Crippen LogP contribution is 2.22. The van der Waals surface area contributed by atoms with E-state index < -0.39 is 0 Å². The predicted octanol–water partition coefficient (Wildman–Crippen LogP) is 4.88. The summed E-state index contributed by atoms with van der Waals surface area (Å²) in [7, 11) is 0. The van der Waals surface area contributed by atoms with E-state index in [1.807, 2.05) is 72.1 Å². The Balaban J connectivity index is 0.000000728.